The molecule has 0 spiro atoms. The van der Waals surface area contributed by atoms with Gasteiger partial charge in [0.2, 0.25) is 0 Å². The van der Waals surface area contributed by atoms with Gasteiger partial charge in [0.05, 0.1) is 17.9 Å². The van der Waals surface area contributed by atoms with Crippen LogP contribution in [0.25, 0.3) is 5.65 Å². The summed E-state index contributed by atoms with van der Waals surface area (Å²) in [5, 5.41) is 4.39. The van der Waals surface area contributed by atoms with Gasteiger partial charge in [0.15, 0.2) is 5.65 Å². The summed E-state index contributed by atoms with van der Waals surface area (Å²) in [5.74, 6) is 3.16. The molecule has 2 N–H and O–H groups in total. The molecule has 1 aliphatic rings. The number of rotatable bonds is 4. The van der Waals surface area contributed by atoms with Gasteiger partial charge in [-0.05, 0) is 38.4 Å². The first-order valence-electron chi connectivity index (χ1n) is 9.05. The first-order chi connectivity index (χ1) is 12.1. The number of hydrogen-bond acceptors (Lipinski definition) is 5. The quantitative estimate of drug-likeness (QED) is 0.790. The topological polar surface area (TPSA) is 72.6 Å². The van der Waals surface area contributed by atoms with Crippen LogP contribution in [0.5, 0.6) is 0 Å². The molecule has 4 rings (SSSR count). The molecule has 0 saturated carbocycles. The molecule has 6 nitrogen and oxygen atoms in total. The number of likely N-dealkylation sites (tertiary alicyclic amines) is 1. The molecule has 1 fully saturated rings. The van der Waals surface area contributed by atoms with Gasteiger partial charge in [-0.3, -0.25) is 4.90 Å². The Labute approximate surface area is 147 Å². The van der Waals surface area contributed by atoms with Crippen molar-refractivity contribution in [3.63, 3.8) is 0 Å². The van der Waals surface area contributed by atoms with E-state index in [9.17, 15) is 0 Å². The van der Waals surface area contributed by atoms with Crippen LogP contribution >= 0.6 is 0 Å². The monoisotopic (exact) mass is 339 g/mol. The minimum absolute atomic E-state index is 0.400. The van der Waals surface area contributed by atoms with E-state index in [2.05, 4.69) is 29.1 Å². The molecule has 3 aromatic heterocycles. The second-order valence-electron chi connectivity index (χ2n) is 6.96. The van der Waals surface area contributed by atoms with E-state index in [4.69, 9.17) is 15.1 Å². The van der Waals surface area contributed by atoms with Gasteiger partial charge in [0.25, 0.3) is 0 Å². The predicted molar refractivity (Wildman–Crippen MR) is 97.5 cm³/mol. The van der Waals surface area contributed by atoms with Crippen LogP contribution in [0.3, 0.4) is 0 Å². The lowest BCUT2D eigenvalue weighted by molar-refractivity contribution is 0.184. The zero-order valence-corrected chi connectivity index (χ0v) is 14.9. The number of nitrogen functional groups attached to an aromatic ring is 1. The lowest BCUT2D eigenvalue weighted by atomic mass is 9.94. The first kappa shape index (κ1) is 16.1. The smallest absolute Gasteiger partial charge is 0.157 e. The highest BCUT2D eigenvalue weighted by Crippen LogP contribution is 2.28. The lowest BCUT2D eigenvalue weighted by Gasteiger charge is -2.31. The van der Waals surface area contributed by atoms with Crippen molar-refractivity contribution in [2.24, 2.45) is 0 Å². The number of hydrogen-bond donors (Lipinski definition) is 1. The zero-order chi connectivity index (χ0) is 17.4. The first-order valence-corrected chi connectivity index (χ1v) is 9.05. The third kappa shape index (κ3) is 3.26. The van der Waals surface area contributed by atoms with Crippen molar-refractivity contribution < 1.29 is 4.42 Å². The van der Waals surface area contributed by atoms with Crippen molar-refractivity contribution in [1.29, 1.82) is 0 Å². The molecule has 3 aromatic rings. The highest BCUT2D eigenvalue weighted by Gasteiger charge is 2.24. The van der Waals surface area contributed by atoms with Crippen molar-refractivity contribution in [1.82, 2.24) is 19.5 Å². The highest BCUT2D eigenvalue weighted by atomic mass is 16.3. The predicted octanol–water partition coefficient (Wildman–Crippen LogP) is 3.15. The summed E-state index contributed by atoms with van der Waals surface area (Å²) < 4.78 is 7.58. The summed E-state index contributed by atoms with van der Waals surface area (Å²) in [6, 6.07) is 8.14. The molecule has 132 valence electrons. The van der Waals surface area contributed by atoms with Crippen molar-refractivity contribution in [3.05, 3.63) is 47.2 Å². The Bertz CT molecular complexity index is 881. The number of piperidine rings is 1. The maximum absolute atomic E-state index is 6.19. The highest BCUT2D eigenvalue weighted by molar-refractivity contribution is 5.48. The van der Waals surface area contributed by atoms with Crippen molar-refractivity contribution in [2.45, 2.75) is 45.6 Å². The van der Waals surface area contributed by atoms with Gasteiger partial charge in [0.1, 0.15) is 17.3 Å². The van der Waals surface area contributed by atoms with Crippen LogP contribution in [0.4, 0.5) is 5.82 Å². The van der Waals surface area contributed by atoms with Gasteiger partial charge in [-0.2, -0.15) is 9.61 Å². The Kier molecular flexibility index (Phi) is 4.21. The number of furan rings is 1. The van der Waals surface area contributed by atoms with Gasteiger partial charge < -0.3 is 10.2 Å². The largest absolute Gasteiger partial charge is 0.465 e. The maximum Gasteiger partial charge on any atom is 0.157 e. The summed E-state index contributed by atoms with van der Waals surface area (Å²) in [5.41, 5.74) is 9.03. The number of fused-ring (bicyclic) bond motifs is 1. The molecule has 4 heterocycles. The van der Waals surface area contributed by atoms with E-state index in [1.165, 1.54) is 0 Å². The second kappa shape index (κ2) is 6.52. The van der Waals surface area contributed by atoms with Crippen molar-refractivity contribution in [3.8, 4) is 0 Å². The molecule has 0 radical (unpaired) electrons. The molecule has 1 unspecified atom stereocenters. The number of nitrogens with zero attached hydrogens (tertiary/aromatic N) is 4. The molecule has 0 amide bonds. The van der Waals surface area contributed by atoms with Gasteiger partial charge in [0, 0.05) is 31.0 Å². The van der Waals surface area contributed by atoms with E-state index in [-0.39, 0.29) is 0 Å². The van der Waals surface area contributed by atoms with Crippen LogP contribution in [0.2, 0.25) is 0 Å². The van der Waals surface area contributed by atoms with Gasteiger partial charge in [-0.25, -0.2) is 4.98 Å². The minimum atomic E-state index is 0.400. The van der Waals surface area contributed by atoms with E-state index in [0.29, 0.717) is 11.7 Å². The fourth-order valence-electron chi connectivity index (χ4n) is 3.70. The van der Waals surface area contributed by atoms with E-state index in [1.807, 2.05) is 19.1 Å². The molecule has 1 aliphatic heterocycles. The third-order valence-electron chi connectivity index (χ3n) is 4.97. The summed E-state index contributed by atoms with van der Waals surface area (Å²) in [7, 11) is 0. The molecular weight excluding hydrogens is 314 g/mol. The fourth-order valence-corrected chi connectivity index (χ4v) is 3.70. The Morgan fingerprint density at radius 3 is 2.92 bits per heavy atom. The van der Waals surface area contributed by atoms with Crippen LogP contribution < -0.4 is 5.73 Å². The summed E-state index contributed by atoms with van der Waals surface area (Å²) in [6.07, 6.45) is 3.25. The third-order valence-corrected chi connectivity index (χ3v) is 4.97. The summed E-state index contributed by atoms with van der Waals surface area (Å²) in [4.78, 5) is 7.26. The SMILES string of the molecule is CCc1ccc(CN2CCCC(c3cc(N)n4nc(C)cc4n3)C2)o1. The molecule has 6 heteroatoms. The molecule has 0 aliphatic carbocycles. The second-order valence-corrected chi connectivity index (χ2v) is 6.96. The van der Waals surface area contributed by atoms with E-state index < -0.39 is 0 Å². The fraction of sp³-hybridized carbons (Fsp3) is 0.474. The molecule has 0 aromatic carbocycles. The van der Waals surface area contributed by atoms with Crippen LogP contribution in [0, 0.1) is 6.92 Å². The van der Waals surface area contributed by atoms with Crippen molar-refractivity contribution >= 4 is 11.5 Å². The van der Waals surface area contributed by atoms with Gasteiger partial charge in [-0.15, -0.1) is 0 Å². The molecule has 1 atom stereocenters. The van der Waals surface area contributed by atoms with Crippen molar-refractivity contribution in [2.75, 3.05) is 18.8 Å². The van der Waals surface area contributed by atoms with Crippen LogP contribution in [-0.4, -0.2) is 32.6 Å². The average Bonchev–Trinajstić information content (AvgIpc) is 3.21. The van der Waals surface area contributed by atoms with E-state index >= 15 is 0 Å². The molecule has 0 bridgehead atoms. The summed E-state index contributed by atoms with van der Waals surface area (Å²) in [6.45, 7) is 7.02. The average molecular weight is 339 g/mol. The number of nitrogens with two attached hydrogens (primary N) is 1. The Hall–Kier alpha value is -2.34. The number of aryl methyl sites for hydroxylation is 2. The Balaban J connectivity index is 1.52. The zero-order valence-electron chi connectivity index (χ0n) is 14.9. The van der Waals surface area contributed by atoms with Gasteiger partial charge >= 0.3 is 0 Å². The van der Waals surface area contributed by atoms with Gasteiger partial charge in [-0.1, -0.05) is 6.92 Å². The van der Waals surface area contributed by atoms with Crippen LogP contribution in [-0.2, 0) is 13.0 Å². The Morgan fingerprint density at radius 2 is 2.12 bits per heavy atom. The van der Waals surface area contributed by atoms with E-state index in [0.717, 1.165) is 67.5 Å². The molecular formula is C19H25N5O. The minimum Gasteiger partial charge on any atom is -0.465 e. The number of aromatic nitrogens is 3. The lowest BCUT2D eigenvalue weighted by Crippen LogP contribution is -2.34. The molecule has 25 heavy (non-hydrogen) atoms. The number of anilines is 1. The van der Waals surface area contributed by atoms with E-state index in [1.54, 1.807) is 4.52 Å². The normalized spacial score (nSPS) is 18.9. The standard InChI is InChI=1S/C19H25N5O/c1-3-15-6-7-16(25-15)12-23-8-4-5-14(11-23)17-10-18(20)24-19(21-17)9-13(2)22-24/h6-7,9-10,14H,3-5,8,11-12,20H2,1-2H3. The Morgan fingerprint density at radius 1 is 1.28 bits per heavy atom. The maximum atomic E-state index is 6.19. The molecule has 1 saturated heterocycles. The summed E-state index contributed by atoms with van der Waals surface area (Å²) >= 11 is 0. The van der Waals surface area contributed by atoms with Crippen LogP contribution in [0.15, 0.2) is 28.7 Å². The van der Waals surface area contributed by atoms with Crippen LogP contribution in [0.1, 0.15) is 48.6 Å².